The van der Waals surface area contributed by atoms with Gasteiger partial charge in [0.25, 0.3) is 0 Å². The van der Waals surface area contributed by atoms with E-state index in [1.165, 1.54) is 5.56 Å². The lowest BCUT2D eigenvalue weighted by molar-refractivity contribution is 0.296. The summed E-state index contributed by atoms with van der Waals surface area (Å²) in [5, 5.41) is 4.27. The summed E-state index contributed by atoms with van der Waals surface area (Å²) in [7, 11) is 1.82. The third-order valence-electron chi connectivity index (χ3n) is 2.88. The molecule has 0 unspecified atom stereocenters. The van der Waals surface area contributed by atoms with E-state index in [2.05, 4.69) is 25.0 Å². The van der Waals surface area contributed by atoms with Gasteiger partial charge in [0.05, 0.1) is 0 Å². The number of hydrogen-bond acceptors (Lipinski definition) is 3. The van der Waals surface area contributed by atoms with Crippen molar-refractivity contribution < 1.29 is 4.74 Å². The molecule has 4 heteroatoms. The highest BCUT2D eigenvalue weighted by Gasteiger charge is 2.08. The molecule has 2 rings (SSSR count). The van der Waals surface area contributed by atoms with Crippen LogP contribution >= 0.6 is 0 Å². The number of benzene rings is 1. The first-order chi connectivity index (χ1) is 8.58. The summed E-state index contributed by atoms with van der Waals surface area (Å²) in [4.78, 5) is 0. The van der Waals surface area contributed by atoms with E-state index >= 15 is 0 Å². The molecule has 0 aliphatic heterocycles. The molecule has 0 radical (unpaired) electrons. The molecule has 0 fully saturated rings. The van der Waals surface area contributed by atoms with Crippen LogP contribution in [0.3, 0.4) is 0 Å². The first-order valence-electron chi connectivity index (χ1n) is 6.08. The van der Waals surface area contributed by atoms with Crippen LogP contribution in [0.25, 0.3) is 0 Å². The maximum Gasteiger partial charge on any atom is 0.132 e. The van der Waals surface area contributed by atoms with Crippen LogP contribution in [0.2, 0.25) is 0 Å². The smallest absolute Gasteiger partial charge is 0.132 e. The lowest BCUT2D eigenvalue weighted by atomic mass is 10.0. The predicted octanol–water partition coefficient (Wildman–Crippen LogP) is 2.70. The monoisotopic (exact) mass is 245 g/mol. The van der Waals surface area contributed by atoms with Gasteiger partial charge in [-0.05, 0) is 17.5 Å². The third kappa shape index (κ3) is 2.64. The maximum atomic E-state index is 5.82. The van der Waals surface area contributed by atoms with E-state index in [1.54, 1.807) is 4.68 Å². The van der Waals surface area contributed by atoms with E-state index < -0.39 is 0 Å². The molecule has 0 aliphatic carbocycles. The first kappa shape index (κ1) is 12.5. The average molecular weight is 245 g/mol. The molecule has 18 heavy (non-hydrogen) atoms. The number of ether oxygens (including phenoxy) is 1. The van der Waals surface area contributed by atoms with Crippen molar-refractivity contribution in [2.45, 2.75) is 26.4 Å². The second-order valence-corrected chi connectivity index (χ2v) is 4.67. The molecule has 2 N–H and O–H groups in total. The Bertz CT molecular complexity index is 512. The Morgan fingerprint density at radius 3 is 2.67 bits per heavy atom. The Labute approximate surface area is 107 Å². The van der Waals surface area contributed by atoms with Gasteiger partial charge in [-0.25, -0.2) is 0 Å². The standard InChI is InChI=1S/C14H19N3O/c1-10(2)12-6-4-5-7-13(12)18-9-11-8-14(15)17(3)16-11/h4-8,10H,9,15H2,1-3H3. The Morgan fingerprint density at radius 2 is 2.06 bits per heavy atom. The molecular weight excluding hydrogens is 226 g/mol. The Hall–Kier alpha value is -1.97. The molecular formula is C14H19N3O. The van der Waals surface area contributed by atoms with Crippen LogP contribution in [0.4, 0.5) is 5.82 Å². The molecule has 0 saturated heterocycles. The van der Waals surface area contributed by atoms with Crippen LogP contribution < -0.4 is 10.5 Å². The Balaban J connectivity index is 2.10. The van der Waals surface area contributed by atoms with Crippen LogP contribution in [-0.2, 0) is 13.7 Å². The number of para-hydroxylation sites is 1. The van der Waals surface area contributed by atoms with E-state index in [0.29, 0.717) is 18.3 Å². The zero-order chi connectivity index (χ0) is 13.1. The average Bonchev–Trinajstić information content (AvgIpc) is 2.66. The highest BCUT2D eigenvalue weighted by Crippen LogP contribution is 2.26. The normalized spacial score (nSPS) is 10.9. The molecule has 1 heterocycles. The van der Waals surface area contributed by atoms with Crippen molar-refractivity contribution in [1.29, 1.82) is 0 Å². The number of aryl methyl sites for hydroxylation is 1. The maximum absolute atomic E-state index is 5.82. The van der Waals surface area contributed by atoms with Crippen LogP contribution in [0, 0.1) is 0 Å². The first-order valence-corrected chi connectivity index (χ1v) is 6.08. The molecule has 0 atom stereocenters. The van der Waals surface area contributed by atoms with Crippen LogP contribution in [0.1, 0.15) is 31.0 Å². The second-order valence-electron chi connectivity index (χ2n) is 4.67. The fourth-order valence-corrected chi connectivity index (χ4v) is 1.85. The molecule has 0 amide bonds. The molecule has 4 nitrogen and oxygen atoms in total. The number of rotatable bonds is 4. The van der Waals surface area contributed by atoms with Crippen molar-refractivity contribution in [2.75, 3.05) is 5.73 Å². The van der Waals surface area contributed by atoms with Gasteiger partial charge in [-0.1, -0.05) is 32.0 Å². The van der Waals surface area contributed by atoms with E-state index in [9.17, 15) is 0 Å². The highest BCUT2D eigenvalue weighted by molar-refractivity contribution is 5.36. The number of nitrogens with zero attached hydrogens (tertiary/aromatic N) is 2. The number of anilines is 1. The molecule has 1 aromatic carbocycles. The summed E-state index contributed by atoms with van der Waals surface area (Å²) in [6.07, 6.45) is 0. The van der Waals surface area contributed by atoms with Crippen molar-refractivity contribution in [3.63, 3.8) is 0 Å². The van der Waals surface area contributed by atoms with Crippen molar-refractivity contribution >= 4 is 5.82 Å². The van der Waals surface area contributed by atoms with Crippen LogP contribution in [0.15, 0.2) is 30.3 Å². The zero-order valence-corrected chi connectivity index (χ0v) is 11.1. The summed E-state index contributed by atoms with van der Waals surface area (Å²) in [5.74, 6) is 2.00. The summed E-state index contributed by atoms with van der Waals surface area (Å²) >= 11 is 0. The van der Waals surface area contributed by atoms with Gasteiger partial charge in [0, 0.05) is 13.1 Å². The summed E-state index contributed by atoms with van der Waals surface area (Å²) in [6.45, 7) is 4.75. The van der Waals surface area contributed by atoms with Crippen LogP contribution in [0.5, 0.6) is 5.75 Å². The molecule has 0 bridgehead atoms. The SMILES string of the molecule is CC(C)c1ccccc1OCc1cc(N)n(C)n1. The van der Waals surface area contributed by atoms with Gasteiger partial charge in [0.1, 0.15) is 23.9 Å². The molecule has 2 aromatic rings. The van der Waals surface area contributed by atoms with Gasteiger partial charge in [0.2, 0.25) is 0 Å². The molecule has 1 aromatic heterocycles. The summed E-state index contributed by atoms with van der Waals surface area (Å²) in [6, 6.07) is 9.92. The fraction of sp³-hybridized carbons (Fsp3) is 0.357. The Morgan fingerprint density at radius 1 is 1.33 bits per heavy atom. The summed E-state index contributed by atoms with van der Waals surface area (Å²) < 4.78 is 7.47. The predicted molar refractivity (Wildman–Crippen MR) is 72.5 cm³/mol. The minimum Gasteiger partial charge on any atom is -0.487 e. The Kier molecular flexibility index (Phi) is 3.55. The summed E-state index contributed by atoms with van der Waals surface area (Å²) in [5.41, 5.74) is 7.78. The van der Waals surface area contributed by atoms with Gasteiger partial charge in [-0.3, -0.25) is 4.68 Å². The molecule has 0 spiro atoms. The highest BCUT2D eigenvalue weighted by atomic mass is 16.5. The van der Waals surface area contributed by atoms with Crippen molar-refractivity contribution in [2.24, 2.45) is 7.05 Å². The minimum absolute atomic E-state index is 0.439. The lowest BCUT2D eigenvalue weighted by Gasteiger charge is -2.12. The van der Waals surface area contributed by atoms with E-state index in [-0.39, 0.29) is 0 Å². The van der Waals surface area contributed by atoms with Gasteiger partial charge >= 0.3 is 0 Å². The molecule has 0 aliphatic rings. The lowest BCUT2D eigenvalue weighted by Crippen LogP contribution is -2.01. The zero-order valence-electron chi connectivity index (χ0n) is 11.1. The van der Waals surface area contributed by atoms with E-state index in [4.69, 9.17) is 10.5 Å². The quantitative estimate of drug-likeness (QED) is 0.901. The number of nitrogen functional groups attached to an aromatic ring is 1. The largest absolute Gasteiger partial charge is 0.487 e. The van der Waals surface area contributed by atoms with Gasteiger partial charge in [-0.15, -0.1) is 0 Å². The van der Waals surface area contributed by atoms with E-state index in [1.807, 2.05) is 31.3 Å². The van der Waals surface area contributed by atoms with Gasteiger partial charge in [-0.2, -0.15) is 5.10 Å². The minimum atomic E-state index is 0.439. The van der Waals surface area contributed by atoms with Crippen molar-refractivity contribution in [3.8, 4) is 5.75 Å². The third-order valence-corrected chi connectivity index (χ3v) is 2.88. The van der Waals surface area contributed by atoms with E-state index in [0.717, 1.165) is 11.4 Å². The second kappa shape index (κ2) is 5.12. The van der Waals surface area contributed by atoms with Gasteiger partial charge < -0.3 is 10.5 Å². The molecule has 0 saturated carbocycles. The molecule has 96 valence electrons. The fourth-order valence-electron chi connectivity index (χ4n) is 1.85. The van der Waals surface area contributed by atoms with Crippen LogP contribution in [-0.4, -0.2) is 9.78 Å². The topological polar surface area (TPSA) is 53.1 Å². The number of aromatic nitrogens is 2. The van der Waals surface area contributed by atoms with Crippen molar-refractivity contribution in [1.82, 2.24) is 9.78 Å². The van der Waals surface area contributed by atoms with Gasteiger partial charge in [0.15, 0.2) is 0 Å². The number of nitrogens with two attached hydrogens (primary N) is 1. The number of hydrogen-bond donors (Lipinski definition) is 1. The van der Waals surface area contributed by atoms with Crippen molar-refractivity contribution in [3.05, 3.63) is 41.6 Å².